The lowest BCUT2D eigenvalue weighted by atomic mass is 10.1. The molecule has 0 saturated carbocycles. The Morgan fingerprint density at radius 2 is 1.76 bits per heavy atom. The van der Waals surface area contributed by atoms with Crippen LogP contribution < -0.4 is 10.0 Å². The van der Waals surface area contributed by atoms with E-state index in [-0.39, 0.29) is 16.4 Å². The van der Waals surface area contributed by atoms with Crippen molar-refractivity contribution >= 4 is 38.4 Å². The first kappa shape index (κ1) is 25.9. The van der Waals surface area contributed by atoms with E-state index in [1.165, 1.54) is 12.1 Å². The van der Waals surface area contributed by atoms with Crippen molar-refractivity contribution in [3.05, 3.63) is 108 Å². The molecule has 1 aromatic heterocycles. The Hall–Kier alpha value is -4.17. The highest BCUT2D eigenvalue weighted by molar-refractivity contribution is 7.90. The van der Waals surface area contributed by atoms with Gasteiger partial charge < -0.3 is 9.88 Å². The third kappa shape index (κ3) is 6.34. The zero-order valence-electron chi connectivity index (χ0n) is 20.9. The second kappa shape index (κ2) is 10.8. The summed E-state index contributed by atoms with van der Waals surface area (Å²) in [6.07, 6.45) is 5.29. The Balaban J connectivity index is 1.49. The van der Waals surface area contributed by atoms with E-state index in [0.717, 1.165) is 16.5 Å². The number of hydrogen-bond acceptors (Lipinski definition) is 4. The van der Waals surface area contributed by atoms with Gasteiger partial charge in [-0.15, -0.1) is 0 Å². The summed E-state index contributed by atoms with van der Waals surface area (Å²) in [5.41, 5.74) is 3.41. The van der Waals surface area contributed by atoms with E-state index >= 15 is 0 Å². The minimum atomic E-state index is -3.99. The van der Waals surface area contributed by atoms with Gasteiger partial charge in [-0.1, -0.05) is 50.3 Å². The number of carbonyl (C=O) groups excluding carboxylic acids is 2. The first-order valence-electron chi connectivity index (χ1n) is 11.9. The average Bonchev–Trinajstić information content (AvgIpc) is 3.24. The summed E-state index contributed by atoms with van der Waals surface area (Å²) in [7, 11) is -3.99. The highest BCUT2D eigenvalue weighted by Gasteiger charge is 2.20. The van der Waals surface area contributed by atoms with Crippen molar-refractivity contribution in [2.45, 2.75) is 32.2 Å². The molecule has 0 unspecified atom stereocenters. The van der Waals surface area contributed by atoms with Gasteiger partial charge in [-0.25, -0.2) is 13.1 Å². The van der Waals surface area contributed by atoms with Crippen LogP contribution in [0.1, 0.15) is 35.3 Å². The molecular formula is C29H29N3O4S. The second-order valence-electron chi connectivity index (χ2n) is 9.21. The number of hydrogen-bond donors (Lipinski definition) is 2. The lowest BCUT2D eigenvalue weighted by molar-refractivity contribution is -0.111. The predicted molar refractivity (Wildman–Crippen MR) is 146 cm³/mol. The number of allylic oxidation sites excluding steroid dienone is 1. The number of rotatable bonds is 8. The normalized spacial score (nSPS) is 11.8. The van der Waals surface area contributed by atoms with E-state index in [1.54, 1.807) is 43.3 Å². The van der Waals surface area contributed by atoms with Crippen molar-refractivity contribution in [1.82, 2.24) is 9.29 Å². The van der Waals surface area contributed by atoms with Gasteiger partial charge in [0, 0.05) is 34.9 Å². The van der Waals surface area contributed by atoms with E-state index in [2.05, 4.69) is 10.0 Å². The molecule has 37 heavy (non-hydrogen) atoms. The molecule has 0 aliphatic carbocycles. The van der Waals surface area contributed by atoms with Crippen LogP contribution in [0.2, 0.25) is 0 Å². The number of nitrogens with zero attached hydrogens (tertiary/aromatic N) is 1. The molecule has 4 rings (SSSR count). The van der Waals surface area contributed by atoms with Crippen LogP contribution in [0, 0.1) is 12.8 Å². The van der Waals surface area contributed by atoms with Gasteiger partial charge >= 0.3 is 0 Å². The second-order valence-corrected chi connectivity index (χ2v) is 10.9. The maximum atomic E-state index is 12.8. The fraction of sp³-hybridized carbons (Fsp3) is 0.172. The molecule has 0 saturated heterocycles. The monoisotopic (exact) mass is 515 g/mol. The third-order valence-electron chi connectivity index (χ3n) is 5.82. The van der Waals surface area contributed by atoms with E-state index < -0.39 is 15.9 Å². The van der Waals surface area contributed by atoms with Crippen LogP contribution in [0.4, 0.5) is 5.69 Å². The molecule has 0 spiro atoms. The fourth-order valence-corrected chi connectivity index (χ4v) is 5.20. The Kier molecular flexibility index (Phi) is 7.59. The van der Waals surface area contributed by atoms with Crippen LogP contribution in [-0.4, -0.2) is 24.8 Å². The molecular weight excluding hydrogens is 486 g/mol. The quantitative estimate of drug-likeness (QED) is 0.313. The summed E-state index contributed by atoms with van der Waals surface area (Å²) >= 11 is 0. The van der Waals surface area contributed by atoms with Crippen LogP contribution >= 0.6 is 0 Å². The number of aromatic nitrogens is 1. The molecule has 190 valence electrons. The molecule has 4 aromatic rings. The lowest BCUT2D eigenvalue weighted by Crippen LogP contribution is -2.31. The summed E-state index contributed by atoms with van der Waals surface area (Å²) in [4.78, 5) is 25.0. The van der Waals surface area contributed by atoms with Crippen molar-refractivity contribution in [1.29, 1.82) is 0 Å². The van der Waals surface area contributed by atoms with Gasteiger partial charge in [0.2, 0.25) is 5.91 Å². The number of sulfonamides is 1. The molecule has 2 N–H and O–H groups in total. The van der Waals surface area contributed by atoms with Gasteiger partial charge in [0.1, 0.15) is 0 Å². The Labute approximate surface area is 216 Å². The molecule has 0 fully saturated rings. The van der Waals surface area contributed by atoms with Crippen LogP contribution in [-0.2, 0) is 21.4 Å². The Morgan fingerprint density at radius 1 is 0.973 bits per heavy atom. The molecule has 0 aliphatic heterocycles. The van der Waals surface area contributed by atoms with E-state index in [9.17, 15) is 18.0 Å². The molecule has 1 heterocycles. The number of nitrogens with one attached hydrogen (secondary N) is 2. The van der Waals surface area contributed by atoms with Gasteiger partial charge in [0.25, 0.3) is 15.9 Å². The number of amides is 2. The minimum absolute atomic E-state index is 0.0740. The maximum Gasteiger partial charge on any atom is 0.265 e. The summed E-state index contributed by atoms with van der Waals surface area (Å²) in [5.74, 6) is -0.566. The van der Waals surface area contributed by atoms with Crippen LogP contribution in [0.25, 0.3) is 10.9 Å². The fourth-order valence-electron chi connectivity index (χ4n) is 3.98. The Morgan fingerprint density at radius 3 is 2.51 bits per heavy atom. The number of aryl methyl sites for hydroxylation is 1. The lowest BCUT2D eigenvalue weighted by Gasteiger charge is -2.10. The number of carbonyl (C=O) groups is 2. The SMILES string of the molecule is Cc1ccccc1S(=O)(=O)NC(=O)c1ccc2c(ccn2Cc2cccc(NC(=O)/C=C/C(C)C)c2)c1. The molecule has 0 atom stereocenters. The summed E-state index contributed by atoms with van der Waals surface area (Å²) in [6, 6.07) is 21.1. The number of fused-ring (bicyclic) bond motifs is 1. The summed E-state index contributed by atoms with van der Waals surface area (Å²) in [5, 5.41) is 3.69. The van der Waals surface area contributed by atoms with Crippen LogP contribution in [0.5, 0.6) is 0 Å². The van der Waals surface area contributed by atoms with Gasteiger partial charge in [-0.3, -0.25) is 9.59 Å². The van der Waals surface area contributed by atoms with Gasteiger partial charge in [-0.2, -0.15) is 0 Å². The Bertz CT molecular complexity index is 1600. The summed E-state index contributed by atoms with van der Waals surface area (Å²) in [6.45, 7) is 6.26. The summed E-state index contributed by atoms with van der Waals surface area (Å²) < 4.78 is 29.6. The van der Waals surface area contributed by atoms with Crippen molar-refractivity contribution in [2.24, 2.45) is 5.92 Å². The van der Waals surface area contributed by atoms with E-state index in [1.807, 2.05) is 61.0 Å². The minimum Gasteiger partial charge on any atom is -0.343 e. The van der Waals surface area contributed by atoms with Gasteiger partial charge in [-0.05, 0) is 72.5 Å². The van der Waals surface area contributed by atoms with E-state index in [4.69, 9.17) is 0 Å². The standard InChI is InChI=1S/C29H29N3O4S/c1-20(2)11-14-28(33)30-25-9-6-8-22(17-25)19-32-16-15-23-18-24(12-13-26(23)32)29(34)31-37(35,36)27-10-5-4-7-21(27)3/h4-18,20H,19H2,1-3H3,(H,30,33)(H,31,34)/b14-11+. The van der Waals surface area contributed by atoms with E-state index in [0.29, 0.717) is 23.7 Å². The van der Waals surface area contributed by atoms with Crippen molar-refractivity contribution < 1.29 is 18.0 Å². The number of anilines is 1. The number of benzene rings is 3. The first-order valence-corrected chi connectivity index (χ1v) is 13.4. The zero-order chi connectivity index (χ0) is 26.6. The van der Waals surface area contributed by atoms with Crippen LogP contribution in [0.15, 0.2) is 96.0 Å². The van der Waals surface area contributed by atoms with Crippen molar-refractivity contribution in [3.63, 3.8) is 0 Å². The largest absolute Gasteiger partial charge is 0.343 e. The molecule has 8 heteroatoms. The maximum absolute atomic E-state index is 12.8. The molecule has 0 aliphatic rings. The molecule has 3 aromatic carbocycles. The highest BCUT2D eigenvalue weighted by Crippen LogP contribution is 2.21. The molecule has 7 nitrogen and oxygen atoms in total. The van der Waals surface area contributed by atoms with Crippen molar-refractivity contribution in [3.8, 4) is 0 Å². The zero-order valence-corrected chi connectivity index (χ0v) is 21.7. The predicted octanol–water partition coefficient (Wildman–Crippen LogP) is 5.27. The van der Waals surface area contributed by atoms with Crippen LogP contribution in [0.3, 0.4) is 0 Å². The average molecular weight is 516 g/mol. The topological polar surface area (TPSA) is 97.3 Å². The molecule has 0 bridgehead atoms. The first-order chi connectivity index (χ1) is 17.6. The molecule has 2 amide bonds. The van der Waals surface area contributed by atoms with Crippen molar-refractivity contribution in [2.75, 3.05) is 5.32 Å². The van der Waals surface area contributed by atoms with Gasteiger partial charge in [0.15, 0.2) is 0 Å². The highest BCUT2D eigenvalue weighted by atomic mass is 32.2. The molecule has 0 radical (unpaired) electrons. The third-order valence-corrected chi connectivity index (χ3v) is 7.31. The van der Waals surface area contributed by atoms with Gasteiger partial charge in [0.05, 0.1) is 4.90 Å². The smallest absolute Gasteiger partial charge is 0.265 e.